The van der Waals surface area contributed by atoms with Crippen LogP contribution in [0.15, 0.2) is 34.2 Å². The SMILES string of the molecule is CCn1c(-c2noc(CNC(=O)c3csc(C4(C)CCOCC4)n3)n2)cc2c(N[C@@H]3CCN(C)C[C@@H]3F)cccc21. The summed E-state index contributed by atoms with van der Waals surface area (Å²) in [5, 5.41) is 14.3. The fourth-order valence-corrected chi connectivity index (χ4v) is 6.75. The molecule has 0 saturated carbocycles. The molecule has 4 aromatic rings. The van der Waals surface area contributed by atoms with Gasteiger partial charge in [0.15, 0.2) is 0 Å². The second-order valence-corrected chi connectivity index (χ2v) is 12.1. The summed E-state index contributed by atoms with van der Waals surface area (Å²) in [6.07, 6.45) is 1.60. The van der Waals surface area contributed by atoms with E-state index in [0.717, 1.165) is 53.1 Å². The number of nitrogens with one attached hydrogen (secondary N) is 2. The van der Waals surface area contributed by atoms with Gasteiger partial charge in [0.05, 0.1) is 28.8 Å². The molecule has 2 atom stereocenters. The molecule has 1 amide bonds. The molecule has 0 unspecified atom stereocenters. The zero-order chi connectivity index (χ0) is 28.6. The van der Waals surface area contributed by atoms with Crippen LogP contribution in [-0.2, 0) is 23.2 Å². The zero-order valence-electron chi connectivity index (χ0n) is 23.7. The third-order valence-corrected chi connectivity index (χ3v) is 9.44. The van der Waals surface area contributed by atoms with Crippen LogP contribution >= 0.6 is 11.3 Å². The van der Waals surface area contributed by atoms with Crippen LogP contribution in [-0.4, -0.2) is 76.1 Å². The van der Waals surface area contributed by atoms with Crippen molar-refractivity contribution in [1.29, 1.82) is 0 Å². The molecule has 1 aromatic carbocycles. The number of halogens is 1. The summed E-state index contributed by atoms with van der Waals surface area (Å²) in [7, 11) is 1.95. The molecule has 12 heteroatoms. The Balaban J connectivity index is 1.16. The van der Waals surface area contributed by atoms with E-state index in [9.17, 15) is 9.18 Å². The van der Waals surface area contributed by atoms with Crippen LogP contribution < -0.4 is 10.6 Å². The van der Waals surface area contributed by atoms with Crippen molar-refractivity contribution in [2.24, 2.45) is 0 Å². The van der Waals surface area contributed by atoms with Gasteiger partial charge in [-0.15, -0.1) is 11.3 Å². The highest BCUT2D eigenvalue weighted by atomic mass is 32.1. The van der Waals surface area contributed by atoms with E-state index in [1.807, 2.05) is 36.2 Å². The van der Waals surface area contributed by atoms with E-state index in [-0.39, 0.29) is 23.9 Å². The number of anilines is 1. The Labute approximate surface area is 242 Å². The first-order valence-corrected chi connectivity index (χ1v) is 15.1. The van der Waals surface area contributed by atoms with Gasteiger partial charge in [0, 0.05) is 54.7 Å². The largest absolute Gasteiger partial charge is 0.381 e. The number of hydrogen-bond acceptors (Lipinski definition) is 9. The lowest BCUT2D eigenvalue weighted by Crippen LogP contribution is -2.46. The number of hydrogen-bond donors (Lipinski definition) is 2. The third kappa shape index (κ3) is 5.60. The van der Waals surface area contributed by atoms with Gasteiger partial charge in [0.25, 0.3) is 5.91 Å². The highest BCUT2D eigenvalue weighted by Crippen LogP contribution is 2.36. The number of carbonyl (C=O) groups is 1. The first-order valence-electron chi connectivity index (χ1n) is 14.2. The van der Waals surface area contributed by atoms with Crippen molar-refractivity contribution < 1.29 is 18.4 Å². The number of rotatable bonds is 8. The van der Waals surface area contributed by atoms with Gasteiger partial charge in [0.2, 0.25) is 11.7 Å². The average Bonchev–Trinajstić information content (AvgIpc) is 3.72. The topological polar surface area (TPSA) is 110 Å². The molecule has 218 valence electrons. The van der Waals surface area contributed by atoms with E-state index >= 15 is 0 Å². The maximum Gasteiger partial charge on any atom is 0.271 e. The van der Waals surface area contributed by atoms with Crippen LogP contribution in [0.2, 0.25) is 0 Å². The van der Waals surface area contributed by atoms with E-state index in [0.29, 0.717) is 43.7 Å². The lowest BCUT2D eigenvalue weighted by molar-refractivity contribution is 0.0563. The van der Waals surface area contributed by atoms with Gasteiger partial charge < -0.3 is 29.4 Å². The maximum absolute atomic E-state index is 14.8. The number of likely N-dealkylation sites (tertiary alicyclic amines) is 1. The number of piperidine rings is 1. The highest BCUT2D eigenvalue weighted by Gasteiger charge is 2.33. The van der Waals surface area contributed by atoms with Crippen molar-refractivity contribution in [3.05, 3.63) is 46.2 Å². The summed E-state index contributed by atoms with van der Waals surface area (Å²) in [4.78, 5) is 24.1. The van der Waals surface area contributed by atoms with Crippen molar-refractivity contribution in [3.63, 3.8) is 0 Å². The van der Waals surface area contributed by atoms with E-state index in [4.69, 9.17) is 9.26 Å². The van der Waals surface area contributed by atoms with E-state index in [1.165, 1.54) is 11.3 Å². The molecular weight excluding hydrogens is 545 g/mol. The van der Waals surface area contributed by atoms with Gasteiger partial charge in [-0.3, -0.25) is 4.79 Å². The molecule has 0 spiro atoms. The predicted octanol–water partition coefficient (Wildman–Crippen LogP) is 4.62. The third-order valence-electron chi connectivity index (χ3n) is 8.29. The fourth-order valence-electron chi connectivity index (χ4n) is 5.72. The molecule has 2 aliphatic rings. The van der Waals surface area contributed by atoms with Crippen LogP contribution in [0.1, 0.15) is 54.5 Å². The van der Waals surface area contributed by atoms with Crippen LogP contribution in [0.25, 0.3) is 22.4 Å². The normalized spacial score (nSPS) is 21.3. The first-order chi connectivity index (χ1) is 19.8. The molecule has 2 fully saturated rings. The number of benzene rings is 1. The number of amides is 1. The molecule has 0 bridgehead atoms. The van der Waals surface area contributed by atoms with Gasteiger partial charge in [-0.05, 0) is 51.4 Å². The van der Waals surface area contributed by atoms with Gasteiger partial charge in [0.1, 0.15) is 11.9 Å². The monoisotopic (exact) mass is 581 g/mol. The minimum atomic E-state index is -0.937. The van der Waals surface area contributed by atoms with E-state index in [2.05, 4.69) is 44.2 Å². The first kappa shape index (κ1) is 27.8. The standard InChI is InChI=1S/C29H36FN7O3S/c1-4-37-23-7-5-6-20(32-21-8-11-36(3)16-19(21)30)18(23)14-24(37)26-34-25(40-35-26)15-31-27(38)22-17-41-28(33-22)29(2)9-12-39-13-10-29/h5-7,14,17,19,21,32H,4,8-13,15-16H2,1-3H3,(H,31,38)/t19-,21+/m0/s1. The number of nitrogens with zero attached hydrogens (tertiary/aromatic N) is 5. The molecule has 3 aromatic heterocycles. The fraction of sp³-hybridized carbons (Fsp3) is 0.517. The van der Waals surface area contributed by atoms with Crippen molar-refractivity contribution >= 4 is 33.8 Å². The van der Waals surface area contributed by atoms with Gasteiger partial charge in [-0.25, -0.2) is 9.37 Å². The molecular formula is C29H36FN7O3S. The summed E-state index contributed by atoms with van der Waals surface area (Å²) in [5.41, 5.74) is 3.03. The Morgan fingerprint density at radius 2 is 2.10 bits per heavy atom. The smallest absolute Gasteiger partial charge is 0.271 e. The molecule has 5 heterocycles. The minimum absolute atomic E-state index is 0.0589. The second-order valence-electron chi connectivity index (χ2n) is 11.2. The summed E-state index contributed by atoms with van der Waals surface area (Å²) in [5.74, 6) is 0.462. The quantitative estimate of drug-likeness (QED) is 0.310. The molecule has 0 aliphatic carbocycles. The molecule has 10 nitrogen and oxygen atoms in total. The average molecular weight is 582 g/mol. The Kier molecular flexibility index (Phi) is 7.80. The molecule has 2 aliphatic heterocycles. The van der Waals surface area contributed by atoms with Crippen molar-refractivity contribution in [2.75, 3.05) is 38.7 Å². The van der Waals surface area contributed by atoms with Crippen molar-refractivity contribution in [3.8, 4) is 11.5 Å². The molecule has 0 radical (unpaired) electrons. The Morgan fingerprint density at radius 1 is 1.27 bits per heavy atom. The van der Waals surface area contributed by atoms with Crippen LogP contribution in [0.3, 0.4) is 0 Å². The number of thiazole rings is 1. The van der Waals surface area contributed by atoms with Crippen LogP contribution in [0.4, 0.5) is 10.1 Å². The van der Waals surface area contributed by atoms with Gasteiger partial charge >= 0.3 is 0 Å². The number of aryl methyl sites for hydroxylation is 1. The summed E-state index contributed by atoms with van der Waals surface area (Å²) in [6, 6.07) is 7.79. The molecule has 41 heavy (non-hydrogen) atoms. The zero-order valence-corrected chi connectivity index (χ0v) is 24.5. The van der Waals surface area contributed by atoms with E-state index < -0.39 is 6.17 Å². The number of carbonyl (C=O) groups excluding carboxylic acids is 1. The number of aromatic nitrogens is 4. The lowest BCUT2D eigenvalue weighted by Gasteiger charge is -2.33. The summed E-state index contributed by atoms with van der Waals surface area (Å²) < 4.78 is 27.9. The lowest BCUT2D eigenvalue weighted by atomic mass is 9.83. The predicted molar refractivity (Wildman–Crippen MR) is 156 cm³/mol. The van der Waals surface area contributed by atoms with Crippen molar-refractivity contribution in [2.45, 2.75) is 63.8 Å². The molecule has 2 N–H and O–H groups in total. The molecule has 6 rings (SSSR count). The minimum Gasteiger partial charge on any atom is -0.381 e. The summed E-state index contributed by atoms with van der Waals surface area (Å²) >= 11 is 1.51. The van der Waals surface area contributed by atoms with Crippen LogP contribution in [0.5, 0.6) is 0 Å². The Hall–Kier alpha value is -3.35. The van der Waals surface area contributed by atoms with Gasteiger partial charge in [-0.2, -0.15) is 4.98 Å². The number of alkyl halides is 1. The van der Waals surface area contributed by atoms with E-state index in [1.54, 1.807) is 5.38 Å². The molecule has 2 saturated heterocycles. The van der Waals surface area contributed by atoms with Crippen LogP contribution in [0, 0.1) is 0 Å². The maximum atomic E-state index is 14.8. The number of ether oxygens (including phenoxy) is 1. The second kappa shape index (κ2) is 11.5. The highest BCUT2D eigenvalue weighted by molar-refractivity contribution is 7.10. The Morgan fingerprint density at radius 3 is 2.88 bits per heavy atom. The number of fused-ring (bicyclic) bond motifs is 1. The van der Waals surface area contributed by atoms with Gasteiger partial charge in [-0.1, -0.05) is 18.1 Å². The Bertz CT molecular complexity index is 1530. The summed E-state index contributed by atoms with van der Waals surface area (Å²) in [6.45, 7) is 7.73. The van der Waals surface area contributed by atoms with Crippen molar-refractivity contribution in [1.82, 2.24) is 29.9 Å².